The lowest BCUT2D eigenvalue weighted by Crippen LogP contribution is -2.23. The normalized spacial score (nSPS) is 11.3. The Bertz CT molecular complexity index is 835. The molecule has 122 valence electrons. The van der Waals surface area contributed by atoms with Crippen LogP contribution in [0.2, 0.25) is 5.02 Å². The summed E-state index contributed by atoms with van der Waals surface area (Å²) in [5.41, 5.74) is 1.69. The zero-order chi connectivity index (χ0) is 17.0. The molecule has 0 bridgehead atoms. The van der Waals surface area contributed by atoms with Crippen LogP contribution in [0.15, 0.2) is 47.4 Å². The average molecular weight is 353 g/mol. The monoisotopic (exact) mass is 352 g/mol. The SMILES string of the molecule is CCNS(=O)(=O)c1cccc(C(=O)Nc2ccc(C)cc2Cl)c1. The molecule has 0 spiro atoms. The summed E-state index contributed by atoms with van der Waals surface area (Å²) in [4.78, 5) is 12.3. The van der Waals surface area contributed by atoms with E-state index in [1.807, 2.05) is 13.0 Å². The Hall–Kier alpha value is -1.89. The number of sulfonamides is 1. The Labute approximate surface area is 140 Å². The fraction of sp³-hybridized carbons (Fsp3) is 0.188. The van der Waals surface area contributed by atoms with Gasteiger partial charge in [0, 0.05) is 12.1 Å². The number of rotatable bonds is 5. The van der Waals surface area contributed by atoms with Crippen LogP contribution in [0.4, 0.5) is 5.69 Å². The number of benzene rings is 2. The first-order chi connectivity index (χ1) is 10.8. The highest BCUT2D eigenvalue weighted by atomic mass is 35.5. The van der Waals surface area contributed by atoms with Crippen LogP contribution in [0.25, 0.3) is 0 Å². The van der Waals surface area contributed by atoms with E-state index in [1.165, 1.54) is 18.2 Å². The number of nitrogens with one attached hydrogen (secondary N) is 2. The van der Waals surface area contributed by atoms with E-state index in [0.717, 1.165) is 5.56 Å². The maximum absolute atomic E-state index is 12.3. The molecule has 7 heteroatoms. The molecule has 0 unspecified atom stereocenters. The van der Waals surface area contributed by atoms with E-state index in [1.54, 1.807) is 25.1 Å². The van der Waals surface area contributed by atoms with E-state index in [4.69, 9.17) is 11.6 Å². The highest BCUT2D eigenvalue weighted by molar-refractivity contribution is 7.89. The number of carbonyl (C=O) groups is 1. The van der Waals surface area contributed by atoms with Gasteiger partial charge < -0.3 is 5.32 Å². The summed E-state index contributed by atoms with van der Waals surface area (Å²) in [5, 5.41) is 3.10. The van der Waals surface area contributed by atoms with Gasteiger partial charge in [0.1, 0.15) is 0 Å². The first-order valence-corrected chi connectivity index (χ1v) is 8.87. The van der Waals surface area contributed by atoms with E-state index in [-0.39, 0.29) is 17.0 Å². The Morgan fingerprint density at radius 3 is 2.57 bits per heavy atom. The van der Waals surface area contributed by atoms with Crippen molar-refractivity contribution in [2.75, 3.05) is 11.9 Å². The first-order valence-electron chi connectivity index (χ1n) is 7.00. The molecular weight excluding hydrogens is 336 g/mol. The van der Waals surface area contributed by atoms with Gasteiger partial charge in [-0.05, 0) is 42.8 Å². The molecule has 0 radical (unpaired) electrons. The van der Waals surface area contributed by atoms with Gasteiger partial charge in [-0.15, -0.1) is 0 Å². The molecular formula is C16H17ClN2O3S. The predicted molar refractivity (Wildman–Crippen MR) is 91.4 cm³/mol. The van der Waals surface area contributed by atoms with Gasteiger partial charge in [-0.2, -0.15) is 0 Å². The summed E-state index contributed by atoms with van der Waals surface area (Å²) in [6, 6.07) is 11.1. The number of hydrogen-bond donors (Lipinski definition) is 2. The quantitative estimate of drug-likeness (QED) is 0.867. The minimum atomic E-state index is -3.61. The Kier molecular flexibility index (Phi) is 5.41. The van der Waals surface area contributed by atoms with E-state index in [2.05, 4.69) is 10.0 Å². The Balaban J connectivity index is 2.27. The van der Waals surface area contributed by atoms with Crippen LogP contribution in [0.5, 0.6) is 0 Å². The molecule has 0 saturated heterocycles. The van der Waals surface area contributed by atoms with Gasteiger partial charge >= 0.3 is 0 Å². The molecule has 1 amide bonds. The molecule has 2 N–H and O–H groups in total. The molecule has 0 aliphatic carbocycles. The third-order valence-electron chi connectivity index (χ3n) is 3.11. The van der Waals surface area contributed by atoms with Crippen molar-refractivity contribution in [3.8, 4) is 0 Å². The van der Waals surface area contributed by atoms with Crippen LogP contribution < -0.4 is 10.0 Å². The fourth-order valence-electron chi connectivity index (χ4n) is 1.99. The van der Waals surface area contributed by atoms with Gasteiger partial charge in [-0.25, -0.2) is 13.1 Å². The number of anilines is 1. The molecule has 2 rings (SSSR count). The van der Waals surface area contributed by atoms with E-state index in [0.29, 0.717) is 10.7 Å². The topological polar surface area (TPSA) is 75.3 Å². The van der Waals surface area contributed by atoms with Crippen LogP contribution >= 0.6 is 11.6 Å². The third-order valence-corrected chi connectivity index (χ3v) is 4.97. The second-order valence-electron chi connectivity index (χ2n) is 4.97. The Morgan fingerprint density at radius 1 is 1.17 bits per heavy atom. The third kappa shape index (κ3) is 4.31. The van der Waals surface area contributed by atoms with Crippen molar-refractivity contribution in [2.45, 2.75) is 18.7 Å². The van der Waals surface area contributed by atoms with Gasteiger partial charge in [0.05, 0.1) is 15.6 Å². The number of carbonyl (C=O) groups excluding carboxylic acids is 1. The van der Waals surface area contributed by atoms with E-state index >= 15 is 0 Å². The minimum Gasteiger partial charge on any atom is -0.321 e. The van der Waals surface area contributed by atoms with Gasteiger partial charge in [0.2, 0.25) is 10.0 Å². The summed E-state index contributed by atoms with van der Waals surface area (Å²) >= 11 is 6.09. The molecule has 0 atom stereocenters. The van der Waals surface area contributed by atoms with Crippen LogP contribution in [0, 0.1) is 6.92 Å². The largest absolute Gasteiger partial charge is 0.321 e. The van der Waals surface area contributed by atoms with Gasteiger partial charge in [0.25, 0.3) is 5.91 Å². The van der Waals surface area contributed by atoms with Crippen molar-refractivity contribution in [2.24, 2.45) is 0 Å². The Morgan fingerprint density at radius 2 is 1.91 bits per heavy atom. The summed E-state index contributed by atoms with van der Waals surface area (Å²) in [7, 11) is -3.61. The molecule has 0 aliphatic rings. The van der Waals surface area contributed by atoms with E-state index in [9.17, 15) is 13.2 Å². The van der Waals surface area contributed by atoms with Crippen molar-refractivity contribution >= 4 is 33.2 Å². The van der Waals surface area contributed by atoms with Crippen molar-refractivity contribution in [1.82, 2.24) is 4.72 Å². The van der Waals surface area contributed by atoms with Crippen LogP contribution in [0.3, 0.4) is 0 Å². The molecule has 23 heavy (non-hydrogen) atoms. The number of aryl methyl sites for hydroxylation is 1. The second-order valence-corrected chi connectivity index (χ2v) is 7.14. The van der Waals surface area contributed by atoms with Crippen molar-refractivity contribution in [3.05, 3.63) is 58.6 Å². The minimum absolute atomic E-state index is 0.0435. The second kappa shape index (κ2) is 7.12. The summed E-state index contributed by atoms with van der Waals surface area (Å²) < 4.78 is 26.4. The summed E-state index contributed by atoms with van der Waals surface area (Å²) in [6.45, 7) is 3.86. The molecule has 2 aromatic rings. The zero-order valence-corrected chi connectivity index (χ0v) is 14.3. The lowest BCUT2D eigenvalue weighted by atomic mass is 10.2. The van der Waals surface area contributed by atoms with Crippen molar-refractivity contribution in [3.63, 3.8) is 0 Å². The highest BCUT2D eigenvalue weighted by Crippen LogP contribution is 2.23. The maximum Gasteiger partial charge on any atom is 0.255 e. The number of hydrogen-bond acceptors (Lipinski definition) is 3. The molecule has 0 aromatic heterocycles. The molecule has 0 saturated carbocycles. The summed E-state index contributed by atoms with van der Waals surface area (Å²) in [6.07, 6.45) is 0. The molecule has 0 heterocycles. The van der Waals surface area contributed by atoms with Crippen molar-refractivity contribution < 1.29 is 13.2 Å². The number of amides is 1. The van der Waals surface area contributed by atoms with Gasteiger partial charge in [0.15, 0.2) is 0 Å². The van der Waals surface area contributed by atoms with Crippen LogP contribution in [0.1, 0.15) is 22.8 Å². The smallest absolute Gasteiger partial charge is 0.255 e. The summed E-state index contributed by atoms with van der Waals surface area (Å²) in [5.74, 6) is -0.427. The van der Waals surface area contributed by atoms with Gasteiger partial charge in [-0.3, -0.25) is 4.79 Å². The molecule has 0 aliphatic heterocycles. The lowest BCUT2D eigenvalue weighted by Gasteiger charge is -2.09. The van der Waals surface area contributed by atoms with Crippen molar-refractivity contribution in [1.29, 1.82) is 0 Å². The number of halogens is 1. The van der Waals surface area contributed by atoms with Crippen LogP contribution in [-0.4, -0.2) is 20.9 Å². The molecule has 0 fully saturated rings. The predicted octanol–water partition coefficient (Wildman–Crippen LogP) is 3.20. The average Bonchev–Trinajstić information content (AvgIpc) is 2.50. The standard InChI is InChI=1S/C16H17ClN2O3S/c1-3-18-23(21,22)13-6-4-5-12(10-13)16(20)19-15-8-7-11(2)9-14(15)17/h4-10,18H,3H2,1-2H3,(H,19,20). The maximum atomic E-state index is 12.3. The van der Waals surface area contributed by atoms with E-state index < -0.39 is 15.9 Å². The zero-order valence-electron chi connectivity index (χ0n) is 12.8. The van der Waals surface area contributed by atoms with Crippen LogP contribution in [-0.2, 0) is 10.0 Å². The highest BCUT2D eigenvalue weighted by Gasteiger charge is 2.15. The van der Waals surface area contributed by atoms with Gasteiger partial charge in [-0.1, -0.05) is 30.7 Å². The lowest BCUT2D eigenvalue weighted by molar-refractivity contribution is 0.102. The molecule has 2 aromatic carbocycles. The fourth-order valence-corrected chi connectivity index (χ4v) is 3.36. The first kappa shape index (κ1) is 17.5. The molecule has 5 nitrogen and oxygen atoms in total.